The SMILES string of the molecule is C=C1NC(c2c(F)cc(Cl)cc2F)=C(c2ccccc2)CC1Cl.CC. The number of benzene rings is 2. The van der Waals surface area contributed by atoms with Crippen LogP contribution in [0, 0.1) is 11.6 Å². The maximum Gasteiger partial charge on any atom is 0.136 e. The maximum absolute atomic E-state index is 14.3. The molecule has 1 heterocycles. The van der Waals surface area contributed by atoms with Gasteiger partial charge < -0.3 is 5.32 Å². The van der Waals surface area contributed by atoms with Crippen LogP contribution in [0.4, 0.5) is 8.78 Å². The zero-order valence-corrected chi connectivity index (χ0v) is 15.6. The average molecular weight is 382 g/mol. The van der Waals surface area contributed by atoms with E-state index in [0.717, 1.165) is 23.3 Å². The van der Waals surface area contributed by atoms with Gasteiger partial charge in [-0.25, -0.2) is 8.78 Å². The lowest BCUT2D eigenvalue weighted by atomic mass is 9.91. The van der Waals surface area contributed by atoms with Gasteiger partial charge in [0.2, 0.25) is 0 Å². The van der Waals surface area contributed by atoms with Crippen molar-refractivity contribution in [2.75, 3.05) is 0 Å². The number of hydrogen-bond donors (Lipinski definition) is 1. The number of nitrogens with one attached hydrogen (secondary N) is 1. The Morgan fingerprint density at radius 2 is 1.64 bits per heavy atom. The van der Waals surface area contributed by atoms with Crippen LogP contribution in [0.5, 0.6) is 0 Å². The summed E-state index contributed by atoms with van der Waals surface area (Å²) in [6, 6.07) is 11.5. The van der Waals surface area contributed by atoms with Gasteiger partial charge in [-0.2, -0.15) is 0 Å². The molecule has 0 amide bonds. The van der Waals surface area contributed by atoms with Gasteiger partial charge in [0.1, 0.15) is 11.6 Å². The highest BCUT2D eigenvalue weighted by Gasteiger charge is 2.27. The van der Waals surface area contributed by atoms with Gasteiger partial charge in [0, 0.05) is 10.7 Å². The Morgan fingerprint density at radius 1 is 1.08 bits per heavy atom. The van der Waals surface area contributed by atoms with Gasteiger partial charge in [-0.1, -0.05) is 62.4 Å². The normalized spacial score (nSPS) is 16.9. The van der Waals surface area contributed by atoms with E-state index in [-0.39, 0.29) is 16.0 Å². The summed E-state index contributed by atoms with van der Waals surface area (Å²) in [6.45, 7) is 7.83. The van der Waals surface area contributed by atoms with Crippen molar-refractivity contribution < 1.29 is 8.78 Å². The second kappa shape index (κ2) is 8.50. The smallest absolute Gasteiger partial charge is 0.136 e. The Morgan fingerprint density at radius 3 is 2.20 bits per heavy atom. The Labute approximate surface area is 157 Å². The van der Waals surface area contributed by atoms with Gasteiger partial charge >= 0.3 is 0 Å². The summed E-state index contributed by atoms with van der Waals surface area (Å²) in [6.07, 6.45) is 0.425. The Kier molecular flexibility index (Phi) is 6.63. The third-order valence-electron chi connectivity index (χ3n) is 3.73. The second-order valence-electron chi connectivity index (χ2n) is 5.29. The molecule has 1 nitrogen and oxygen atoms in total. The average Bonchev–Trinajstić information content (AvgIpc) is 2.59. The van der Waals surface area contributed by atoms with Crippen molar-refractivity contribution in [2.24, 2.45) is 0 Å². The predicted molar refractivity (Wildman–Crippen MR) is 103 cm³/mol. The second-order valence-corrected chi connectivity index (χ2v) is 6.25. The lowest BCUT2D eigenvalue weighted by Gasteiger charge is -2.28. The molecule has 132 valence electrons. The van der Waals surface area contributed by atoms with Gasteiger partial charge in [-0.3, -0.25) is 0 Å². The van der Waals surface area contributed by atoms with E-state index in [0.29, 0.717) is 17.8 Å². The molecule has 1 aliphatic rings. The molecule has 5 heteroatoms. The largest absolute Gasteiger partial charge is 0.357 e. The number of halogens is 4. The standard InChI is InChI=1S/C18H13Cl2F2N.C2H6/c1-10-14(20)9-13(11-5-3-2-4-6-11)18(23-10)17-15(21)7-12(19)8-16(17)22;1-2/h2-8,14,23H,1,9H2;1-2H3. The molecule has 1 unspecified atom stereocenters. The minimum atomic E-state index is -0.730. The zero-order valence-electron chi connectivity index (χ0n) is 14.0. The first-order chi connectivity index (χ1) is 12.0. The van der Waals surface area contributed by atoms with Crippen LogP contribution in [0.1, 0.15) is 31.4 Å². The predicted octanol–water partition coefficient (Wildman–Crippen LogP) is 6.63. The van der Waals surface area contributed by atoms with Crippen molar-refractivity contribution in [3.8, 4) is 0 Å². The van der Waals surface area contributed by atoms with E-state index >= 15 is 0 Å². The van der Waals surface area contributed by atoms with Gasteiger partial charge in [0.15, 0.2) is 0 Å². The first kappa shape index (κ1) is 19.5. The van der Waals surface area contributed by atoms with E-state index in [1.807, 2.05) is 44.2 Å². The third-order valence-corrected chi connectivity index (χ3v) is 4.36. The molecule has 1 atom stereocenters. The highest BCUT2D eigenvalue weighted by Crippen LogP contribution is 2.38. The summed E-state index contributed by atoms with van der Waals surface area (Å²) in [7, 11) is 0. The molecule has 2 aromatic rings. The van der Waals surface area contributed by atoms with Crippen LogP contribution in [0.3, 0.4) is 0 Å². The molecule has 25 heavy (non-hydrogen) atoms. The molecule has 1 N–H and O–H groups in total. The first-order valence-corrected chi connectivity index (χ1v) is 8.82. The number of allylic oxidation sites excluding steroid dienone is 2. The molecule has 0 aliphatic carbocycles. The molecule has 0 aromatic heterocycles. The minimum Gasteiger partial charge on any atom is -0.357 e. The van der Waals surface area contributed by atoms with Crippen molar-refractivity contribution in [3.63, 3.8) is 0 Å². The van der Waals surface area contributed by atoms with Gasteiger partial charge in [0.05, 0.1) is 16.6 Å². The van der Waals surface area contributed by atoms with Crippen LogP contribution < -0.4 is 5.32 Å². The lowest BCUT2D eigenvalue weighted by molar-refractivity contribution is 0.574. The molecule has 0 saturated heterocycles. The van der Waals surface area contributed by atoms with Crippen LogP contribution in [-0.2, 0) is 0 Å². The highest BCUT2D eigenvalue weighted by atomic mass is 35.5. The van der Waals surface area contributed by atoms with E-state index in [2.05, 4.69) is 11.9 Å². The lowest BCUT2D eigenvalue weighted by Crippen LogP contribution is -2.26. The van der Waals surface area contributed by atoms with Crippen molar-refractivity contribution in [1.29, 1.82) is 0 Å². The van der Waals surface area contributed by atoms with Crippen LogP contribution in [0.25, 0.3) is 11.3 Å². The quantitative estimate of drug-likeness (QED) is 0.575. The molecule has 0 bridgehead atoms. The van der Waals surface area contributed by atoms with E-state index in [1.54, 1.807) is 0 Å². The van der Waals surface area contributed by atoms with E-state index < -0.39 is 11.6 Å². The fourth-order valence-electron chi connectivity index (χ4n) is 2.61. The molecule has 1 aliphatic heterocycles. The van der Waals surface area contributed by atoms with E-state index in [4.69, 9.17) is 23.2 Å². The molecule has 0 spiro atoms. The van der Waals surface area contributed by atoms with Crippen molar-refractivity contribution in [3.05, 3.63) is 82.5 Å². The van der Waals surface area contributed by atoms with Crippen LogP contribution in [0.15, 0.2) is 54.7 Å². The van der Waals surface area contributed by atoms with E-state index in [9.17, 15) is 8.78 Å². The molecular formula is C20H19Cl2F2N. The van der Waals surface area contributed by atoms with Crippen molar-refractivity contribution in [1.82, 2.24) is 5.32 Å². The number of hydrogen-bond acceptors (Lipinski definition) is 1. The number of rotatable bonds is 2. The van der Waals surface area contributed by atoms with Gasteiger partial charge in [-0.05, 0) is 29.7 Å². The molecule has 0 radical (unpaired) electrons. The Bertz CT molecular complexity index is 778. The summed E-state index contributed by atoms with van der Waals surface area (Å²) in [4.78, 5) is 0. The van der Waals surface area contributed by atoms with E-state index in [1.165, 1.54) is 0 Å². The number of alkyl halides is 1. The molecule has 0 saturated carbocycles. The molecule has 3 rings (SSSR count). The van der Waals surface area contributed by atoms with Crippen LogP contribution >= 0.6 is 23.2 Å². The summed E-state index contributed by atoms with van der Waals surface area (Å²) < 4.78 is 28.7. The minimum absolute atomic E-state index is 0.00969. The topological polar surface area (TPSA) is 12.0 Å². The summed E-state index contributed by atoms with van der Waals surface area (Å²) in [5.41, 5.74) is 2.28. The fraction of sp³-hybridized carbons (Fsp3) is 0.200. The molecular weight excluding hydrogens is 363 g/mol. The van der Waals surface area contributed by atoms with Crippen molar-refractivity contribution >= 4 is 34.5 Å². The zero-order chi connectivity index (χ0) is 18.6. The molecule has 0 fully saturated rings. The van der Waals surface area contributed by atoms with Crippen molar-refractivity contribution in [2.45, 2.75) is 25.6 Å². The maximum atomic E-state index is 14.3. The molecule has 2 aromatic carbocycles. The summed E-state index contributed by atoms with van der Waals surface area (Å²) >= 11 is 12.0. The first-order valence-electron chi connectivity index (χ1n) is 8.00. The van der Waals surface area contributed by atoms with Gasteiger partial charge in [0.25, 0.3) is 0 Å². The highest BCUT2D eigenvalue weighted by molar-refractivity contribution is 6.30. The Balaban J connectivity index is 0.00000109. The van der Waals surface area contributed by atoms with Crippen LogP contribution in [0.2, 0.25) is 5.02 Å². The van der Waals surface area contributed by atoms with Crippen LogP contribution in [-0.4, -0.2) is 5.38 Å². The monoisotopic (exact) mass is 381 g/mol. The third kappa shape index (κ3) is 4.23. The van der Waals surface area contributed by atoms with Gasteiger partial charge in [-0.15, -0.1) is 11.6 Å². The Hall–Kier alpha value is -1.84. The summed E-state index contributed by atoms with van der Waals surface area (Å²) in [5, 5.41) is 2.62. The summed E-state index contributed by atoms with van der Waals surface area (Å²) in [5.74, 6) is -1.46. The fourth-order valence-corrected chi connectivity index (χ4v) is 3.02.